The molecule has 0 bridgehead atoms. The van der Waals surface area contributed by atoms with E-state index in [4.69, 9.17) is 0 Å². The van der Waals surface area contributed by atoms with Gasteiger partial charge in [-0.1, -0.05) is 18.2 Å². The lowest BCUT2D eigenvalue weighted by molar-refractivity contribution is 0.647. The third-order valence-corrected chi connectivity index (χ3v) is 1.91. The molecule has 0 radical (unpaired) electrons. The average Bonchev–Trinajstić information content (AvgIpc) is 2.36. The van der Waals surface area contributed by atoms with Gasteiger partial charge in [-0.15, -0.1) is 0 Å². The number of nitrogens with one attached hydrogen (secondary N) is 2. The van der Waals surface area contributed by atoms with Gasteiger partial charge in [-0.05, 0) is 18.1 Å². The molecule has 2 rings (SSSR count). The zero-order valence-electron chi connectivity index (χ0n) is 5.89. The van der Waals surface area contributed by atoms with Crippen molar-refractivity contribution in [1.82, 2.24) is 10.9 Å². The molecule has 2 heteroatoms. The van der Waals surface area contributed by atoms with E-state index in [2.05, 4.69) is 36.0 Å². The SMILES string of the molecule is CC1=CC=CC2NNC=C12. The highest BCUT2D eigenvalue weighted by molar-refractivity contribution is 5.44. The molecule has 2 N–H and O–H groups in total. The molecule has 0 fully saturated rings. The van der Waals surface area contributed by atoms with Crippen LogP contribution in [-0.4, -0.2) is 6.04 Å². The maximum Gasteiger partial charge on any atom is 0.0710 e. The summed E-state index contributed by atoms with van der Waals surface area (Å²) in [5, 5.41) is 0. The summed E-state index contributed by atoms with van der Waals surface area (Å²) < 4.78 is 0. The van der Waals surface area contributed by atoms with E-state index < -0.39 is 0 Å². The number of hydrazine groups is 1. The molecule has 10 heavy (non-hydrogen) atoms. The Morgan fingerprint density at radius 1 is 1.50 bits per heavy atom. The van der Waals surface area contributed by atoms with Gasteiger partial charge in [-0.25, -0.2) is 5.43 Å². The summed E-state index contributed by atoms with van der Waals surface area (Å²) in [4.78, 5) is 0. The standard InChI is InChI=1S/C8H10N2/c1-6-3-2-4-8-7(6)5-9-10-8/h2-5,8-10H,1H3. The van der Waals surface area contributed by atoms with Gasteiger partial charge in [0.25, 0.3) is 0 Å². The van der Waals surface area contributed by atoms with E-state index in [0.717, 1.165) is 0 Å². The fourth-order valence-electron chi connectivity index (χ4n) is 1.29. The third-order valence-electron chi connectivity index (χ3n) is 1.91. The van der Waals surface area contributed by atoms with E-state index in [9.17, 15) is 0 Å². The molecule has 1 heterocycles. The zero-order valence-corrected chi connectivity index (χ0v) is 5.89. The predicted molar refractivity (Wildman–Crippen MR) is 41.0 cm³/mol. The zero-order chi connectivity index (χ0) is 6.97. The van der Waals surface area contributed by atoms with E-state index >= 15 is 0 Å². The molecular formula is C8H10N2. The van der Waals surface area contributed by atoms with Crippen molar-refractivity contribution in [3.63, 3.8) is 0 Å². The summed E-state index contributed by atoms with van der Waals surface area (Å²) in [7, 11) is 0. The molecule has 1 aliphatic carbocycles. The average molecular weight is 134 g/mol. The Morgan fingerprint density at radius 3 is 3.20 bits per heavy atom. The van der Waals surface area contributed by atoms with Crippen molar-refractivity contribution in [2.24, 2.45) is 0 Å². The van der Waals surface area contributed by atoms with E-state index in [-0.39, 0.29) is 0 Å². The smallest absolute Gasteiger partial charge is 0.0710 e. The molecule has 0 aromatic rings. The quantitative estimate of drug-likeness (QED) is 0.513. The first-order valence-electron chi connectivity index (χ1n) is 3.44. The molecule has 0 aromatic carbocycles. The summed E-state index contributed by atoms with van der Waals surface area (Å²) in [5.74, 6) is 0. The van der Waals surface area contributed by atoms with Crippen LogP contribution in [0.1, 0.15) is 6.92 Å². The predicted octanol–water partition coefficient (Wildman–Crippen LogP) is 0.863. The highest BCUT2D eigenvalue weighted by atomic mass is 15.4. The first kappa shape index (κ1) is 5.74. The van der Waals surface area contributed by atoms with Crippen LogP contribution in [0.3, 0.4) is 0 Å². The summed E-state index contributed by atoms with van der Waals surface area (Å²) in [6.07, 6.45) is 8.35. The molecule has 0 spiro atoms. The lowest BCUT2D eigenvalue weighted by Gasteiger charge is -2.13. The van der Waals surface area contributed by atoms with Gasteiger partial charge in [0.15, 0.2) is 0 Å². The number of hydrogen-bond donors (Lipinski definition) is 2. The van der Waals surface area contributed by atoms with Crippen molar-refractivity contribution in [3.8, 4) is 0 Å². The monoisotopic (exact) mass is 134 g/mol. The second-order valence-corrected chi connectivity index (χ2v) is 2.60. The number of hydrogen-bond acceptors (Lipinski definition) is 2. The largest absolute Gasteiger partial charge is 0.328 e. The van der Waals surface area contributed by atoms with Gasteiger partial charge in [0.05, 0.1) is 6.04 Å². The van der Waals surface area contributed by atoms with Crippen molar-refractivity contribution >= 4 is 0 Å². The Hall–Kier alpha value is -1.02. The van der Waals surface area contributed by atoms with Crippen LogP contribution in [-0.2, 0) is 0 Å². The van der Waals surface area contributed by atoms with Crippen LogP contribution in [0.15, 0.2) is 35.6 Å². The van der Waals surface area contributed by atoms with Crippen molar-refractivity contribution < 1.29 is 0 Å². The second-order valence-electron chi connectivity index (χ2n) is 2.60. The molecule has 1 aliphatic heterocycles. The van der Waals surface area contributed by atoms with Gasteiger partial charge >= 0.3 is 0 Å². The van der Waals surface area contributed by atoms with E-state index in [1.54, 1.807) is 0 Å². The highest BCUT2D eigenvalue weighted by Gasteiger charge is 2.18. The third kappa shape index (κ3) is 0.693. The van der Waals surface area contributed by atoms with Crippen LogP contribution < -0.4 is 10.9 Å². The van der Waals surface area contributed by atoms with Crippen LogP contribution in [0.5, 0.6) is 0 Å². The minimum Gasteiger partial charge on any atom is -0.328 e. The number of rotatable bonds is 0. The molecule has 0 aromatic heterocycles. The summed E-state index contributed by atoms with van der Waals surface area (Å²) >= 11 is 0. The van der Waals surface area contributed by atoms with E-state index in [1.807, 2.05) is 6.20 Å². The molecule has 52 valence electrons. The Labute approximate surface area is 60.3 Å². The molecule has 2 aliphatic rings. The Kier molecular flexibility index (Phi) is 1.14. The molecule has 1 atom stereocenters. The van der Waals surface area contributed by atoms with Crippen molar-refractivity contribution in [1.29, 1.82) is 0 Å². The van der Waals surface area contributed by atoms with Gasteiger partial charge in [0.2, 0.25) is 0 Å². The maximum atomic E-state index is 3.12. The molecule has 0 saturated heterocycles. The second kappa shape index (κ2) is 1.99. The highest BCUT2D eigenvalue weighted by Crippen LogP contribution is 2.20. The van der Waals surface area contributed by atoms with Gasteiger partial charge < -0.3 is 5.43 Å². The van der Waals surface area contributed by atoms with Gasteiger partial charge in [-0.3, -0.25) is 0 Å². The van der Waals surface area contributed by atoms with Crippen LogP contribution in [0, 0.1) is 0 Å². The number of fused-ring (bicyclic) bond motifs is 1. The molecule has 0 saturated carbocycles. The lowest BCUT2D eigenvalue weighted by atomic mass is 9.97. The van der Waals surface area contributed by atoms with Crippen molar-refractivity contribution in [2.45, 2.75) is 13.0 Å². The van der Waals surface area contributed by atoms with E-state index in [1.165, 1.54) is 11.1 Å². The maximum absolute atomic E-state index is 3.12. The Bertz CT molecular complexity index is 236. The first-order chi connectivity index (χ1) is 4.88. The minimum atomic E-state index is 0.394. The fraction of sp³-hybridized carbons (Fsp3) is 0.250. The lowest BCUT2D eigenvalue weighted by Crippen LogP contribution is -2.30. The normalized spacial score (nSPS) is 28.7. The summed E-state index contributed by atoms with van der Waals surface area (Å²) in [6, 6.07) is 0.394. The van der Waals surface area contributed by atoms with Crippen LogP contribution in [0.2, 0.25) is 0 Å². The van der Waals surface area contributed by atoms with Crippen LogP contribution in [0.25, 0.3) is 0 Å². The molecule has 0 amide bonds. The van der Waals surface area contributed by atoms with Crippen molar-refractivity contribution in [3.05, 3.63) is 35.6 Å². The van der Waals surface area contributed by atoms with Crippen molar-refractivity contribution in [2.75, 3.05) is 0 Å². The number of allylic oxidation sites excluding steroid dienone is 2. The first-order valence-corrected chi connectivity index (χ1v) is 3.44. The topological polar surface area (TPSA) is 24.1 Å². The molecular weight excluding hydrogens is 124 g/mol. The summed E-state index contributed by atoms with van der Waals surface area (Å²) in [6.45, 7) is 2.12. The Balaban J connectivity index is 2.38. The van der Waals surface area contributed by atoms with Gasteiger partial charge in [0.1, 0.15) is 0 Å². The van der Waals surface area contributed by atoms with Gasteiger partial charge in [0, 0.05) is 6.20 Å². The van der Waals surface area contributed by atoms with Gasteiger partial charge in [-0.2, -0.15) is 0 Å². The summed E-state index contributed by atoms with van der Waals surface area (Å²) in [5.41, 5.74) is 8.80. The minimum absolute atomic E-state index is 0.394. The van der Waals surface area contributed by atoms with Crippen LogP contribution in [0.4, 0.5) is 0 Å². The Morgan fingerprint density at radius 2 is 2.40 bits per heavy atom. The molecule has 1 unspecified atom stereocenters. The van der Waals surface area contributed by atoms with Crippen LogP contribution >= 0.6 is 0 Å². The van der Waals surface area contributed by atoms with E-state index in [0.29, 0.717) is 6.04 Å². The molecule has 2 nitrogen and oxygen atoms in total. The fourth-order valence-corrected chi connectivity index (χ4v) is 1.29.